The summed E-state index contributed by atoms with van der Waals surface area (Å²) in [7, 11) is 0. The molecule has 3 rings (SSSR count). The Morgan fingerprint density at radius 1 is 1.42 bits per heavy atom. The largest absolute Gasteiger partial charge is 0.477 e. The number of pyridine rings is 1. The molecule has 140 valence electrons. The minimum Gasteiger partial charge on any atom is -0.477 e. The Kier molecular flexibility index (Phi) is 4.92. The normalized spacial score (nSPS) is 17.7. The summed E-state index contributed by atoms with van der Waals surface area (Å²) < 4.78 is 31.3. The number of carboxylic acids is 1. The molecule has 1 saturated heterocycles. The fourth-order valence-corrected chi connectivity index (χ4v) is 3.36. The summed E-state index contributed by atoms with van der Waals surface area (Å²) >= 11 is 0. The van der Waals surface area contributed by atoms with Crippen molar-refractivity contribution in [1.82, 2.24) is 9.88 Å². The number of carboxylic acid groups (broad SMARTS) is 1. The summed E-state index contributed by atoms with van der Waals surface area (Å²) in [6, 6.07) is 0.371. The second kappa shape index (κ2) is 7.00. The monoisotopic (exact) mass is 367 g/mol. The first-order valence-electron chi connectivity index (χ1n) is 8.27. The predicted octanol–water partition coefficient (Wildman–Crippen LogP) is 0.768. The van der Waals surface area contributed by atoms with Crippen molar-refractivity contribution in [2.45, 2.75) is 19.5 Å². The Labute approximate surface area is 147 Å². The van der Waals surface area contributed by atoms with E-state index in [1.54, 1.807) is 6.92 Å². The highest BCUT2D eigenvalue weighted by Crippen LogP contribution is 2.31. The quantitative estimate of drug-likeness (QED) is 0.739. The maximum Gasteiger partial charge on any atom is 0.341 e. The van der Waals surface area contributed by atoms with Crippen LogP contribution in [0.15, 0.2) is 17.1 Å². The number of fused-ring (bicyclic) bond motifs is 1. The Balaban J connectivity index is 2.33. The zero-order valence-electron chi connectivity index (χ0n) is 14.1. The zero-order chi connectivity index (χ0) is 19.0. The number of nitrogens with one attached hydrogen (secondary N) is 1. The van der Waals surface area contributed by atoms with E-state index in [4.69, 9.17) is 5.11 Å². The van der Waals surface area contributed by atoms with E-state index >= 15 is 4.39 Å². The van der Waals surface area contributed by atoms with Crippen LogP contribution in [0.5, 0.6) is 0 Å². The SMILES string of the molecule is CCn1cc(C(=O)O)c(=O)c2cc(F)c(N3CCNCC3CO)c(F)c21. The number of aliphatic hydroxyl groups is 1. The Hall–Kier alpha value is -2.52. The van der Waals surface area contributed by atoms with Gasteiger partial charge in [-0.25, -0.2) is 13.6 Å². The van der Waals surface area contributed by atoms with Gasteiger partial charge in [-0.3, -0.25) is 4.79 Å². The molecule has 2 aromatic rings. The smallest absolute Gasteiger partial charge is 0.341 e. The molecule has 1 unspecified atom stereocenters. The first kappa shape index (κ1) is 18.3. The number of piperazine rings is 1. The topological polar surface area (TPSA) is 94.8 Å². The molecule has 1 aromatic heterocycles. The Morgan fingerprint density at radius 3 is 2.77 bits per heavy atom. The standard InChI is InChI=1S/C17H19F2N3O4/c1-2-21-7-11(17(25)26)16(24)10-5-12(18)15(13(19)14(10)21)22-4-3-20-6-9(22)8-23/h5,7,9,20,23H,2-4,6,8H2,1H3,(H,25,26). The molecule has 0 amide bonds. The van der Waals surface area contributed by atoms with Crippen molar-refractivity contribution in [2.24, 2.45) is 0 Å². The van der Waals surface area contributed by atoms with Crippen LogP contribution in [0.3, 0.4) is 0 Å². The van der Waals surface area contributed by atoms with E-state index in [-0.39, 0.29) is 36.3 Å². The van der Waals surface area contributed by atoms with Crippen molar-refractivity contribution >= 4 is 22.6 Å². The molecule has 0 spiro atoms. The van der Waals surface area contributed by atoms with Crippen molar-refractivity contribution < 1.29 is 23.8 Å². The number of rotatable bonds is 4. The third-order valence-corrected chi connectivity index (χ3v) is 4.65. The summed E-state index contributed by atoms with van der Waals surface area (Å²) in [5, 5.41) is 21.4. The number of carbonyl (C=O) groups is 1. The van der Waals surface area contributed by atoms with Gasteiger partial charge in [-0.2, -0.15) is 0 Å². The molecule has 1 aliphatic rings. The van der Waals surface area contributed by atoms with Crippen LogP contribution < -0.4 is 15.6 Å². The molecule has 9 heteroatoms. The number of aryl methyl sites for hydroxylation is 1. The first-order valence-corrected chi connectivity index (χ1v) is 8.27. The van der Waals surface area contributed by atoms with Crippen LogP contribution in [0, 0.1) is 11.6 Å². The van der Waals surface area contributed by atoms with Gasteiger partial charge in [0.15, 0.2) is 5.82 Å². The number of benzene rings is 1. The van der Waals surface area contributed by atoms with Crippen molar-refractivity contribution in [1.29, 1.82) is 0 Å². The van der Waals surface area contributed by atoms with E-state index in [0.29, 0.717) is 13.1 Å². The van der Waals surface area contributed by atoms with Crippen molar-refractivity contribution in [2.75, 3.05) is 31.1 Å². The van der Waals surface area contributed by atoms with Crippen molar-refractivity contribution in [3.63, 3.8) is 0 Å². The van der Waals surface area contributed by atoms with Gasteiger partial charge in [0.2, 0.25) is 5.43 Å². The molecule has 1 fully saturated rings. The molecule has 2 heterocycles. The molecular weight excluding hydrogens is 348 g/mol. The van der Waals surface area contributed by atoms with E-state index in [1.165, 1.54) is 9.47 Å². The van der Waals surface area contributed by atoms with E-state index < -0.39 is 34.6 Å². The van der Waals surface area contributed by atoms with Crippen LogP contribution >= 0.6 is 0 Å². The van der Waals surface area contributed by atoms with Gasteiger partial charge < -0.3 is 25.0 Å². The van der Waals surface area contributed by atoms with E-state index in [9.17, 15) is 19.1 Å². The molecule has 26 heavy (non-hydrogen) atoms. The van der Waals surface area contributed by atoms with Gasteiger partial charge in [0.25, 0.3) is 0 Å². The number of hydrogen-bond acceptors (Lipinski definition) is 5. The number of anilines is 1. The Bertz CT molecular complexity index is 929. The molecule has 0 radical (unpaired) electrons. The lowest BCUT2D eigenvalue weighted by Crippen LogP contribution is -2.53. The summed E-state index contributed by atoms with van der Waals surface area (Å²) in [5.41, 5.74) is -1.93. The molecule has 3 N–H and O–H groups in total. The molecule has 1 aliphatic heterocycles. The number of aliphatic hydroxyl groups excluding tert-OH is 1. The van der Waals surface area contributed by atoms with Gasteiger partial charge >= 0.3 is 5.97 Å². The third-order valence-electron chi connectivity index (χ3n) is 4.65. The highest BCUT2D eigenvalue weighted by molar-refractivity contribution is 5.93. The zero-order valence-corrected chi connectivity index (χ0v) is 14.1. The second-order valence-electron chi connectivity index (χ2n) is 6.11. The molecule has 1 aromatic carbocycles. The summed E-state index contributed by atoms with van der Waals surface area (Å²) in [5.74, 6) is -3.35. The fraction of sp³-hybridized carbons (Fsp3) is 0.412. The summed E-state index contributed by atoms with van der Waals surface area (Å²) in [6.45, 7) is 2.72. The van der Waals surface area contributed by atoms with E-state index in [1.807, 2.05) is 0 Å². The maximum atomic E-state index is 15.3. The minimum absolute atomic E-state index is 0.144. The first-order chi connectivity index (χ1) is 12.4. The van der Waals surface area contributed by atoms with Gasteiger partial charge in [-0.05, 0) is 13.0 Å². The lowest BCUT2D eigenvalue weighted by atomic mass is 10.1. The lowest BCUT2D eigenvalue weighted by Gasteiger charge is -2.37. The molecular formula is C17H19F2N3O4. The predicted molar refractivity (Wildman–Crippen MR) is 91.8 cm³/mol. The van der Waals surface area contributed by atoms with Crippen LogP contribution in [0.1, 0.15) is 17.3 Å². The second-order valence-corrected chi connectivity index (χ2v) is 6.11. The molecule has 1 atom stereocenters. The van der Waals surface area contributed by atoms with Crippen LogP contribution in [0.4, 0.5) is 14.5 Å². The highest BCUT2D eigenvalue weighted by atomic mass is 19.1. The minimum atomic E-state index is -1.45. The number of nitrogens with zero attached hydrogens (tertiary/aromatic N) is 2. The Morgan fingerprint density at radius 2 is 2.15 bits per heavy atom. The fourth-order valence-electron chi connectivity index (χ4n) is 3.36. The van der Waals surface area contributed by atoms with E-state index in [2.05, 4.69) is 5.32 Å². The molecule has 0 saturated carbocycles. The van der Waals surface area contributed by atoms with Gasteiger partial charge in [0, 0.05) is 32.4 Å². The third kappa shape index (κ3) is 2.82. The van der Waals surface area contributed by atoms with Crippen molar-refractivity contribution in [3.8, 4) is 0 Å². The average Bonchev–Trinajstić information content (AvgIpc) is 2.62. The maximum absolute atomic E-state index is 15.3. The number of aromatic carboxylic acids is 1. The number of aromatic nitrogens is 1. The van der Waals surface area contributed by atoms with Crippen LogP contribution in [0.2, 0.25) is 0 Å². The van der Waals surface area contributed by atoms with Crippen molar-refractivity contribution in [3.05, 3.63) is 39.7 Å². The summed E-state index contributed by atoms with van der Waals surface area (Å²) in [6.07, 6.45) is 1.07. The van der Waals surface area contributed by atoms with Crippen LogP contribution in [-0.4, -0.2) is 53.0 Å². The van der Waals surface area contributed by atoms with E-state index in [0.717, 1.165) is 12.3 Å². The molecule has 7 nitrogen and oxygen atoms in total. The van der Waals surface area contributed by atoms with Gasteiger partial charge in [0.05, 0.1) is 23.6 Å². The van der Waals surface area contributed by atoms with Gasteiger partial charge in [-0.15, -0.1) is 0 Å². The van der Waals surface area contributed by atoms with Crippen LogP contribution in [-0.2, 0) is 6.54 Å². The van der Waals surface area contributed by atoms with Gasteiger partial charge in [0.1, 0.15) is 17.1 Å². The molecule has 0 aliphatic carbocycles. The number of hydrogen-bond donors (Lipinski definition) is 3. The summed E-state index contributed by atoms with van der Waals surface area (Å²) in [4.78, 5) is 25.1. The number of halogens is 2. The van der Waals surface area contributed by atoms with Gasteiger partial charge in [-0.1, -0.05) is 0 Å². The lowest BCUT2D eigenvalue weighted by molar-refractivity contribution is 0.0694. The average molecular weight is 367 g/mol. The van der Waals surface area contributed by atoms with Crippen LogP contribution in [0.25, 0.3) is 10.9 Å². The molecule has 0 bridgehead atoms. The highest BCUT2D eigenvalue weighted by Gasteiger charge is 2.29.